The van der Waals surface area contributed by atoms with Gasteiger partial charge in [-0.2, -0.15) is 0 Å². The van der Waals surface area contributed by atoms with Gasteiger partial charge in [-0.25, -0.2) is 0 Å². The zero-order valence-corrected chi connectivity index (χ0v) is 10.9. The van der Waals surface area contributed by atoms with Crippen molar-refractivity contribution in [3.05, 3.63) is 18.0 Å². The smallest absolute Gasteiger partial charge is 0.160 e. The molecule has 0 atom stereocenters. The third kappa shape index (κ3) is 2.52. The predicted octanol–water partition coefficient (Wildman–Crippen LogP) is 1.59. The fourth-order valence-electron chi connectivity index (χ4n) is 2.15. The van der Waals surface area contributed by atoms with Crippen LogP contribution in [-0.2, 0) is 0 Å². The van der Waals surface area contributed by atoms with Crippen molar-refractivity contribution in [2.45, 2.75) is 26.3 Å². The Morgan fingerprint density at radius 3 is 2.82 bits per heavy atom. The van der Waals surface area contributed by atoms with Gasteiger partial charge >= 0.3 is 0 Å². The lowest BCUT2D eigenvalue weighted by Gasteiger charge is -2.40. The van der Waals surface area contributed by atoms with E-state index in [1.807, 2.05) is 13.1 Å². The number of hydrogen-bond donors (Lipinski definition) is 1. The van der Waals surface area contributed by atoms with Crippen molar-refractivity contribution in [1.29, 1.82) is 0 Å². The van der Waals surface area contributed by atoms with Crippen LogP contribution >= 0.6 is 0 Å². The van der Waals surface area contributed by atoms with Crippen molar-refractivity contribution in [3.63, 3.8) is 0 Å². The molecule has 17 heavy (non-hydrogen) atoms. The maximum atomic E-state index is 5.42. The van der Waals surface area contributed by atoms with Gasteiger partial charge in [-0.1, -0.05) is 6.92 Å². The molecular weight excluding hydrogens is 214 g/mol. The molecule has 0 spiro atoms. The number of anilines is 1. The van der Waals surface area contributed by atoms with Crippen LogP contribution < -0.4 is 15.0 Å². The molecule has 0 aliphatic carbocycles. The molecule has 1 fully saturated rings. The molecule has 0 amide bonds. The summed E-state index contributed by atoms with van der Waals surface area (Å²) in [4.78, 5) is 6.72. The van der Waals surface area contributed by atoms with E-state index in [0.29, 0.717) is 6.04 Å². The van der Waals surface area contributed by atoms with Gasteiger partial charge in [-0.05, 0) is 19.4 Å². The minimum absolute atomic E-state index is 0.589. The number of methoxy groups -OCH3 is 1. The third-order valence-corrected chi connectivity index (χ3v) is 3.18. The highest BCUT2D eigenvalue weighted by atomic mass is 16.5. The summed E-state index contributed by atoms with van der Waals surface area (Å²) >= 11 is 0. The first-order valence-electron chi connectivity index (χ1n) is 6.24. The lowest BCUT2D eigenvalue weighted by atomic mass is 10.1. The Balaban J connectivity index is 2.29. The van der Waals surface area contributed by atoms with Gasteiger partial charge in [0.05, 0.1) is 25.0 Å². The minimum atomic E-state index is 0.589. The Bertz CT molecular complexity index is 377. The number of nitrogens with one attached hydrogen (secondary N) is 1. The zero-order chi connectivity index (χ0) is 12.3. The maximum absolute atomic E-state index is 5.42. The van der Waals surface area contributed by atoms with Crippen molar-refractivity contribution in [2.24, 2.45) is 0 Å². The number of hydrogen-bond acceptors (Lipinski definition) is 4. The van der Waals surface area contributed by atoms with Crippen LogP contribution in [0.5, 0.6) is 5.75 Å². The molecule has 1 N–H and O–H groups in total. The van der Waals surface area contributed by atoms with Crippen LogP contribution in [0.1, 0.15) is 19.0 Å². The number of ether oxygens (including phenoxy) is 1. The van der Waals surface area contributed by atoms with E-state index in [9.17, 15) is 0 Å². The Labute approximate surface area is 103 Å². The highest BCUT2D eigenvalue weighted by Gasteiger charge is 2.26. The van der Waals surface area contributed by atoms with Crippen molar-refractivity contribution in [3.8, 4) is 5.75 Å². The molecule has 2 heterocycles. The lowest BCUT2D eigenvalue weighted by Crippen LogP contribution is -2.57. The van der Waals surface area contributed by atoms with Crippen LogP contribution in [0.3, 0.4) is 0 Å². The van der Waals surface area contributed by atoms with Gasteiger partial charge in [0.25, 0.3) is 0 Å². The summed E-state index contributed by atoms with van der Waals surface area (Å²) in [6, 6.07) is 2.71. The van der Waals surface area contributed by atoms with E-state index in [1.54, 1.807) is 7.11 Å². The quantitative estimate of drug-likeness (QED) is 0.841. The SMILES string of the molecule is CCCN(c1cc(C)ncc1OC)C1CNC1. The van der Waals surface area contributed by atoms with Gasteiger partial charge < -0.3 is 15.0 Å². The van der Waals surface area contributed by atoms with Crippen LogP contribution in [0.15, 0.2) is 12.3 Å². The fraction of sp³-hybridized carbons (Fsp3) is 0.615. The highest BCUT2D eigenvalue weighted by molar-refractivity contribution is 5.59. The van der Waals surface area contributed by atoms with Gasteiger partial charge in [0.2, 0.25) is 0 Å². The Kier molecular flexibility index (Phi) is 3.84. The average Bonchev–Trinajstić information content (AvgIpc) is 2.26. The molecule has 1 aliphatic heterocycles. The van der Waals surface area contributed by atoms with E-state index in [1.165, 1.54) is 5.69 Å². The number of rotatable bonds is 5. The Hall–Kier alpha value is -1.29. The van der Waals surface area contributed by atoms with Gasteiger partial charge in [0.15, 0.2) is 5.75 Å². The number of pyridine rings is 1. The summed E-state index contributed by atoms with van der Waals surface area (Å²) < 4.78 is 5.42. The topological polar surface area (TPSA) is 37.4 Å². The Morgan fingerprint density at radius 1 is 1.53 bits per heavy atom. The first-order valence-corrected chi connectivity index (χ1v) is 6.24. The molecule has 0 bridgehead atoms. The fourth-order valence-corrected chi connectivity index (χ4v) is 2.15. The second-order valence-corrected chi connectivity index (χ2v) is 4.50. The van der Waals surface area contributed by atoms with Crippen molar-refractivity contribution in [2.75, 3.05) is 31.6 Å². The van der Waals surface area contributed by atoms with Gasteiger partial charge in [-0.15, -0.1) is 0 Å². The number of aromatic nitrogens is 1. The second kappa shape index (κ2) is 5.36. The largest absolute Gasteiger partial charge is 0.493 e. The van der Waals surface area contributed by atoms with E-state index in [-0.39, 0.29) is 0 Å². The molecule has 0 radical (unpaired) electrons. The summed E-state index contributed by atoms with van der Waals surface area (Å²) in [7, 11) is 1.71. The van der Waals surface area contributed by atoms with Gasteiger partial charge in [0.1, 0.15) is 0 Å². The summed E-state index contributed by atoms with van der Waals surface area (Å²) in [5.74, 6) is 0.871. The molecular formula is C13H21N3O. The molecule has 1 aromatic rings. The molecule has 0 unspecified atom stereocenters. The molecule has 4 heteroatoms. The summed E-state index contributed by atoms with van der Waals surface area (Å²) in [5.41, 5.74) is 2.21. The Morgan fingerprint density at radius 2 is 2.29 bits per heavy atom. The van der Waals surface area contributed by atoms with Crippen LogP contribution in [0, 0.1) is 6.92 Å². The summed E-state index contributed by atoms with van der Waals surface area (Å²) in [6.45, 7) is 7.41. The zero-order valence-electron chi connectivity index (χ0n) is 10.9. The predicted molar refractivity (Wildman–Crippen MR) is 69.8 cm³/mol. The first-order chi connectivity index (χ1) is 8.26. The average molecular weight is 235 g/mol. The van der Waals surface area contributed by atoms with Crippen LogP contribution in [0.4, 0.5) is 5.69 Å². The normalized spacial score (nSPS) is 15.5. The molecule has 94 valence electrons. The molecule has 1 saturated heterocycles. The van der Waals surface area contributed by atoms with Crippen LogP contribution in [0.2, 0.25) is 0 Å². The molecule has 2 rings (SSSR count). The molecule has 4 nitrogen and oxygen atoms in total. The van der Waals surface area contributed by atoms with Gasteiger partial charge in [0, 0.05) is 25.3 Å². The van der Waals surface area contributed by atoms with Crippen LogP contribution in [-0.4, -0.2) is 37.8 Å². The molecule has 0 aromatic carbocycles. The summed E-state index contributed by atoms with van der Waals surface area (Å²) in [5, 5.41) is 3.32. The minimum Gasteiger partial charge on any atom is -0.493 e. The monoisotopic (exact) mass is 235 g/mol. The van der Waals surface area contributed by atoms with E-state index >= 15 is 0 Å². The number of nitrogens with zero attached hydrogens (tertiary/aromatic N) is 2. The molecule has 0 saturated carbocycles. The van der Waals surface area contributed by atoms with E-state index < -0.39 is 0 Å². The van der Waals surface area contributed by atoms with Crippen molar-refractivity contribution in [1.82, 2.24) is 10.3 Å². The maximum Gasteiger partial charge on any atom is 0.160 e. The van der Waals surface area contributed by atoms with Crippen molar-refractivity contribution < 1.29 is 4.74 Å². The standard InChI is InChI=1S/C13H21N3O/c1-4-5-16(11-7-14-8-11)12-6-10(2)15-9-13(12)17-3/h6,9,11,14H,4-5,7-8H2,1-3H3. The van der Waals surface area contributed by atoms with Crippen LogP contribution in [0.25, 0.3) is 0 Å². The summed E-state index contributed by atoms with van der Waals surface area (Å²) in [6.07, 6.45) is 2.96. The van der Waals surface area contributed by atoms with Crippen molar-refractivity contribution >= 4 is 5.69 Å². The number of aryl methyl sites for hydroxylation is 1. The second-order valence-electron chi connectivity index (χ2n) is 4.50. The van der Waals surface area contributed by atoms with E-state index in [0.717, 1.165) is 37.5 Å². The van der Waals surface area contributed by atoms with Gasteiger partial charge in [-0.3, -0.25) is 4.98 Å². The highest BCUT2D eigenvalue weighted by Crippen LogP contribution is 2.30. The third-order valence-electron chi connectivity index (χ3n) is 3.18. The lowest BCUT2D eigenvalue weighted by molar-refractivity contribution is 0.390. The molecule has 1 aliphatic rings. The van der Waals surface area contributed by atoms with E-state index in [2.05, 4.69) is 28.2 Å². The first kappa shape index (κ1) is 12.2. The van der Waals surface area contributed by atoms with E-state index in [4.69, 9.17) is 4.74 Å². The molecule has 1 aromatic heterocycles.